The number of fused-ring (bicyclic) bond motifs is 1. The Morgan fingerprint density at radius 3 is 2.19 bits per heavy atom. The number of nitrogens with zero attached hydrogens (tertiary/aromatic N) is 3. The van der Waals surface area contributed by atoms with E-state index >= 15 is 0 Å². The van der Waals surface area contributed by atoms with Crippen LogP contribution in [0.5, 0.6) is 11.5 Å². The number of rotatable bonds is 7. The number of piperazine rings is 1. The highest BCUT2D eigenvalue weighted by atomic mass is 32.2. The molecule has 0 saturated carbocycles. The molecule has 1 aromatic heterocycles. The highest BCUT2D eigenvalue weighted by molar-refractivity contribution is 7.91. The number of benzene rings is 3. The summed E-state index contributed by atoms with van der Waals surface area (Å²) in [6, 6.07) is 22.2. The molecular formula is C28H29N3O4S. The van der Waals surface area contributed by atoms with E-state index in [4.69, 9.17) is 9.47 Å². The third kappa shape index (κ3) is 4.56. The van der Waals surface area contributed by atoms with Crippen molar-refractivity contribution in [1.82, 2.24) is 4.98 Å². The van der Waals surface area contributed by atoms with Gasteiger partial charge in [0.2, 0.25) is 9.84 Å². The standard InChI is InChI=1S/C28H29N3O4S/c1-3-35-23-13-14-26-25(19-23)28(27(20-29-26)36(32,33)24-7-5-4-6-8-24)31-17-15-30(16-18-31)21-9-11-22(34-2)12-10-21/h4-14,19-20H,3,15-18H2,1-2H3. The summed E-state index contributed by atoms with van der Waals surface area (Å²) in [5.41, 5.74) is 2.53. The molecule has 186 valence electrons. The van der Waals surface area contributed by atoms with Gasteiger partial charge < -0.3 is 19.3 Å². The Bertz CT molecular complexity index is 1450. The van der Waals surface area contributed by atoms with Crippen LogP contribution >= 0.6 is 0 Å². The number of ether oxygens (including phenoxy) is 2. The van der Waals surface area contributed by atoms with Crippen LogP contribution in [-0.2, 0) is 9.84 Å². The fourth-order valence-electron chi connectivity index (χ4n) is 4.63. The van der Waals surface area contributed by atoms with Gasteiger partial charge in [-0.1, -0.05) is 18.2 Å². The van der Waals surface area contributed by atoms with Crippen molar-refractivity contribution in [1.29, 1.82) is 0 Å². The lowest BCUT2D eigenvalue weighted by Gasteiger charge is -2.38. The second-order valence-corrected chi connectivity index (χ2v) is 10.5. The summed E-state index contributed by atoms with van der Waals surface area (Å²) in [6.07, 6.45) is 1.50. The topological polar surface area (TPSA) is 72.0 Å². The van der Waals surface area contributed by atoms with Crippen molar-refractivity contribution >= 4 is 32.1 Å². The zero-order chi connectivity index (χ0) is 25.1. The monoisotopic (exact) mass is 503 g/mol. The third-order valence-corrected chi connectivity index (χ3v) is 8.24. The Balaban J connectivity index is 1.56. The summed E-state index contributed by atoms with van der Waals surface area (Å²) in [5.74, 6) is 1.51. The van der Waals surface area contributed by atoms with E-state index < -0.39 is 9.84 Å². The molecule has 3 aromatic carbocycles. The van der Waals surface area contributed by atoms with Gasteiger partial charge in [-0.3, -0.25) is 4.98 Å². The minimum atomic E-state index is -3.78. The average Bonchev–Trinajstić information content (AvgIpc) is 2.93. The Morgan fingerprint density at radius 2 is 1.53 bits per heavy atom. The lowest BCUT2D eigenvalue weighted by atomic mass is 10.1. The molecule has 1 aliphatic heterocycles. The lowest BCUT2D eigenvalue weighted by Crippen LogP contribution is -2.47. The van der Waals surface area contributed by atoms with Crippen molar-refractivity contribution in [2.24, 2.45) is 0 Å². The molecule has 0 spiro atoms. The highest BCUT2D eigenvalue weighted by Gasteiger charge is 2.29. The number of sulfone groups is 1. The van der Waals surface area contributed by atoms with E-state index in [9.17, 15) is 8.42 Å². The SMILES string of the molecule is CCOc1ccc2ncc(S(=O)(=O)c3ccccc3)c(N3CCN(c4ccc(OC)cc4)CC3)c2c1. The van der Waals surface area contributed by atoms with Crippen LogP contribution in [0.15, 0.2) is 88.8 Å². The summed E-state index contributed by atoms with van der Waals surface area (Å²) in [7, 11) is -2.12. The van der Waals surface area contributed by atoms with E-state index in [1.165, 1.54) is 6.20 Å². The number of pyridine rings is 1. The van der Waals surface area contributed by atoms with E-state index in [1.807, 2.05) is 43.3 Å². The van der Waals surface area contributed by atoms with E-state index in [2.05, 4.69) is 26.9 Å². The maximum absolute atomic E-state index is 13.8. The van der Waals surface area contributed by atoms with Crippen molar-refractivity contribution < 1.29 is 17.9 Å². The summed E-state index contributed by atoms with van der Waals surface area (Å²) in [6.45, 7) is 5.30. The molecule has 0 unspecified atom stereocenters. The number of anilines is 2. The largest absolute Gasteiger partial charge is 0.497 e. The van der Waals surface area contributed by atoms with E-state index in [-0.39, 0.29) is 9.79 Å². The molecule has 0 radical (unpaired) electrons. The molecule has 7 nitrogen and oxygen atoms in total. The van der Waals surface area contributed by atoms with E-state index in [0.29, 0.717) is 31.1 Å². The Labute approximate surface area is 211 Å². The van der Waals surface area contributed by atoms with Crippen molar-refractivity contribution in [2.45, 2.75) is 16.7 Å². The zero-order valence-corrected chi connectivity index (χ0v) is 21.2. The normalized spacial score (nSPS) is 14.2. The van der Waals surface area contributed by atoms with Gasteiger partial charge in [0.05, 0.1) is 29.8 Å². The summed E-state index contributed by atoms with van der Waals surface area (Å²) in [4.78, 5) is 9.46. The maximum atomic E-state index is 13.8. The lowest BCUT2D eigenvalue weighted by molar-refractivity contribution is 0.340. The Morgan fingerprint density at radius 1 is 0.861 bits per heavy atom. The predicted molar refractivity (Wildman–Crippen MR) is 142 cm³/mol. The molecule has 0 N–H and O–H groups in total. The van der Waals surface area contributed by atoms with Crippen molar-refractivity contribution in [3.05, 3.63) is 79.0 Å². The molecule has 0 amide bonds. The first-order chi connectivity index (χ1) is 17.5. The maximum Gasteiger partial charge on any atom is 0.210 e. The molecule has 0 atom stereocenters. The van der Waals surface area contributed by atoms with E-state index in [1.54, 1.807) is 31.4 Å². The minimum Gasteiger partial charge on any atom is -0.497 e. The predicted octanol–water partition coefficient (Wildman–Crippen LogP) is 4.80. The summed E-state index contributed by atoms with van der Waals surface area (Å²) >= 11 is 0. The summed E-state index contributed by atoms with van der Waals surface area (Å²) < 4.78 is 38.6. The van der Waals surface area contributed by atoms with Crippen molar-refractivity contribution in [3.63, 3.8) is 0 Å². The van der Waals surface area contributed by atoms with Gasteiger partial charge in [0, 0.05) is 43.4 Å². The molecule has 2 heterocycles. The molecule has 4 aromatic rings. The first-order valence-corrected chi connectivity index (χ1v) is 13.5. The number of hydrogen-bond acceptors (Lipinski definition) is 7. The van der Waals surface area contributed by atoms with E-state index in [0.717, 1.165) is 35.4 Å². The molecule has 8 heteroatoms. The number of hydrogen-bond donors (Lipinski definition) is 0. The minimum absolute atomic E-state index is 0.216. The van der Waals surface area contributed by atoms with Gasteiger partial charge in [-0.25, -0.2) is 8.42 Å². The molecule has 1 fully saturated rings. The zero-order valence-electron chi connectivity index (χ0n) is 20.4. The fraction of sp³-hybridized carbons (Fsp3) is 0.250. The molecule has 0 aliphatic carbocycles. The number of methoxy groups -OCH3 is 1. The summed E-state index contributed by atoms with van der Waals surface area (Å²) in [5, 5.41) is 0.774. The molecule has 5 rings (SSSR count). The van der Waals surface area contributed by atoms with Gasteiger partial charge in [0.25, 0.3) is 0 Å². The first-order valence-electron chi connectivity index (χ1n) is 12.0. The fourth-order valence-corrected chi connectivity index (χ4v) is 6.08. The van der Waals surface area contributed by atoms with Crippen LogP contribution in [0.2, 0.25) is 0 Å². The average molecular weight is 504 g/mol. The van der Waals surface area contributed by atoms with Gasteiger partial charge in [0.15, 0.2) is 0 Å². The van der Waals surface area contributed by atoms with Crippen LogP contribution in [-0.4, -0.2) is 53.3 Å². The first kappa shape index (κ1) is 23.9. The Hall–Kier alpha value is -3.78. The van der Waals surface area contributed by atoms with Crippen molar-refractivity contribution in [2.75, 3.05) is 49.7 Å². The van der Waals surface area contributed by atoms with Gasteiger partial charge in [-0.05, 0) is 61.5 Å². The highest BCUT2D eigenvalue weighted by Crippen LogP contribution is 2.38. The molecule has 36 heavy (non-hydrogen) atoms. The second-order valence-electron chi connectivity index (χ2n) is 8.57. The molecule has 1 saturated heterocycles. The molecular weight excluding hydrogens is 474 g/mol. The number of aromatic nitrogens is 1. The van der Waals surface area contributed by atoms with Gasteiger partial charge in [0.1, 0.15) is 16.4 Å². The second kappa shape index (κ2) is 10.1. The molecule has 1 aliphatic rings. The smallest absolute Gasteiger partial charge is 0.210 e. The van der Waals surface area contributed by atoms with Crippen molar-refractivity contribution in [3.8, 4) is 11.5 Å². The van der Waals surface area contributed by atoms with Crippen LogP contribution in [0, 0.1) is 0 Å². The van der Waals surface area contributed by atoms with Crippen LogP contribution in [0.1, 0.15) is 6.92 Å². The van der Waals surface area contributed by atoms with Crippen LogP contribution < -0.4 is 19.3 Å². The van der Waals surface area contributed by atoms with Gasteiger partial charge in [-0.2, -0.15) is 0 Å². The van der Waals surface area contributed by atoms with Gasteiger partial charge in [-0.15, -0.1) is 0 Å². The third-order valence-electron chi connectivity index (χ3n) is 6.46. The van der Waals surface area contributed by atoms with Gasteiger partial charge >= 0.3 is 0 Å². The molecule has 0 bridgehead atoms. The Kier molecular flexibility index (Phi) is 6.69. The van der Waals surface area contributed by atoms with Crippen LogP contribution in [0.4, 0.5) is 11.4 Å². The quantitative estimate of drug-likeness (QED) is 0.359. The van der Waals surface area contributed by atoms with Crippen LogP contribution in [0.3, 0.4) is 0 Å². The van der Waals surface area contributed by atoms with Crippen LogP contribution in [0.25, 0.3) is 10.9 Å².